The molecule has 36 heavy (non-hydrogen) atoms. The average molecular weight is 535 g/mol. The number of halogens is 2. The maximum atomic E-state index is 12.6. The molecule has 3 rings (SSSR count). The van der Waals surface area contributed by atoms with Crippen LogP contribution < -0.4 is 10.1 Å². The van der Waals surface area contributed by atoms with Crippen LogP contribution in [0.15, 0.2) is 42.5 Å². The number of likely N-dealkylation sites (tertiary alicyclic amines) is 1. The van der Waals surface area contributed by atoms with Crippen molar-refractivity contribution in [2.45, 2.75) is 51.5 Å². The van der Waals surface area contributed by atoms with Gasteiger partial charge in [0.15, 0.2) is 0 Å². The number of ether oxygens (including phenoxy) is 1. The summed E-state index contributed by atoms with van der Waals surface area (Å²) in [5.41, 5.74) is 1.77. The molecule has 0 spiro atoms. The van der Waals surface area contributed by atoms with Gasteiger partial charge in [-0.2, -0.15) is 0 Å². The van der Waals surface area contributed by atoms with Crippen molar-refractivity contribution in [3.05, 3.63) is 63.6 Å². The molecule has 2 N–H and O–H groups in total. The molecule has 1 fully saturated rings. The topological polar surface area (TPSA) is 95.9 Å². The molecular weight excluding hydrogens is 503 g/mol. The van der Waals surface area contributed by atoms with Crippen LogP contribution in [0, 0.1) is 5.92 Å². The number of carbonyl (C=O) groups excluding carboxylic acids is 2. The number of hydrogen-bond donors (Lipinski definition) is 2. The molecule has 194 valence electrons. The number of carbonyl (C=O) groups is 3. The van der Waals surface area contributed by atoms with Gasteiger partial charge >= 0.3 is 5.97 Å². The fourth-order valence-electron chi connectivity index (χ4n) is 4.33. The van der Waals surface area contributed by atoms with E-state index in [1.54, 1.807) is 18.2 Å². The fraction of sp³-hybridized carbons (Fsp3) is 0.444. The second kappa shape index (κ2) is 13.5. The number of hydrogen-bond acceptors (Lipinski definition) is 4. The van der Waals surface area contributed by atoms with E-state index in [0.29, 0.717) is 61.0 Å². The van der Waals surface area contributed by atoms with Gasteiger partial charge in [0.2, 0.25) is 11.8 Å². The zero-order valence-corrected chi connectivity index (χ0v) is 21.9. The minimum atomic E-state index is -1.11. The number of nitrogens with one attached hydrogen (secondary N) is 1. The summed E-state index contributed by atoms with van der Waals surface area (Å²) in [5.74, 6) is -0.369. The van der Waals surface area contributed by atoms with Gasteiger partial charge in [-0.15, -0.1) is 0 Å². The molecule has 1 saturated heterocycles. The molecule has 2 aromatic rings. The number of rotatable bonds is 11. The third-order valence-corrected chi connectivity index (χ3v) is 7.10. The molecule has 0 radical (unpaired) electrons. The number of amides is 2. The van der Waals surface area contributed by atoms with Crippen LogP contribution in [-0.4, -0.2) is 53.5 Å². The molecule has 1 aliphatic heterocycles. The Kier molecular flexibility index (Phi) is 10.4. The molecule has 2 aromatic carbocycles. The second-order valence-corrected chi connectivity index (χ2v) is 9.83. The lowest BCUT2D eigenvalue weighted by atomic mass is 9.92. The van der Waals surface area contributed by atoms with Gasteiger partial charge < -0.3 is 20.1 Å². The first kappa shape index (κ1) is 27.8. The van der Waals surface area contributed by atoms with Crippen LogP contribution in [-0.2, 0) is 27.2 Å². The fourth-order valence-corrected chi connectivity index (χ4v) is 4.65. The summed E-state index contributed by atoms with van der Waals surface area (Å²) in [5, 5.41) is 12.9. The summed E-state index contributed by atoms with van der Waals surface area (Å²) < 4.78 is 5.44. The van der Waals surface area contributed by atoms with Crippen LogP contribution in [0.25, 0.3) is 0 Å². The van der Waals surface area contributed by atoms with Crippen LogP contribution in [0.2, 0.25) is 10.0 Å². The maximum Gasteiger partial charge on any atom is 0.326 e. The van der Waals surface area contributed by atoms with Crippen molar-refractivity contribution >= 4 is 41.0 Å². The third kappa shape index (κ3) is 8.42. The maximum absolute atomic E-state index is 12.6. The number of benzene rings is 2. The van der Waals surface area contributed by atoms with Crippen LogP contribution in [0.1, 0.15) is 43.7 Å². The summed E-state index contributed by atoms with van der Waals surface area (Å²) in [4.78, 5) is 38.8. The highest BCUT2D eigenvalue weighted by atomic mass is 35.5. The Bertz CT molecular complexity index is 1050. The van der Waals surface area contributed by atoms with Crippen molar-refractivity contribution in [1.82, 2.24) is 10.2 Å². The monoisotopic (exact) mass is 534 g/mol. The Balaban J connectivity index is 1.41. The van der Waals surface area contributed by atoms with Crippen molar-refractivity contribution in [1.29, 1.82) is 0 Å². The lowest BCUT2D eigenvalue weighted by Gasteiger charge is -2.32. The Morgan fingerprint density at radius 2 is 1.72 bits per heavy atom. The summed E-state index contributed by atoms with van der Waals surface area (Å²) in [6.07, 6.45) is 2.88. The van der Waals surface area contributed by atoms with Crippen LogP contribution in [0.5, 0.6) is 5.75 Å². The molecule has 1 aliphatic rings. The molecule has 7 nitrogen and oxygen atoms in total. The van der Waals surface area contributed by atoms with Crippen molar-refractivity contribution in [3.8, 4) is 5.75 Å². The second-order valence-electron chi connectivity index (χ2n) is 9.02. The van der Waals surface area contributed by atoms with Crippen molar-refractivity contribution < 1.29 is 24.2 Å². The molecular formula is C27H32Cl2N2O5. The molecule has 0 bridgehead atoms. The van der Waals surface area contributed by atoms with E-state index in [-0.39, 0.29) is 30.6 Å². The van der Waals surface area contributed by atoms with E-state index >= 15 is 0 Å². The lowest BCUT2D eigenvalue weighted by Crippen LogP contribution is -2.44. The molecule has 0 aliphatic carbocycles. The number of carboxylic acids is 1. The summed E-state index contributed by atoms with van der Waals surface area (Å²) in [6.45, 7) is 3.76. The van der Waals surface area contributed by atoms with E-state index < -0.39 is 12.0 Å². The Labute approximate surface area is 221 Å². The first-order chi connectivity index (χ1) is 17.2. The normalized spacial score (nSPS) is 14.8. The van der Waals surface area contributed by atoms with Crippen molar-refractivity contribution in [3.63, 3.8) is 0 Å². The highest BCUT2D eigenvalue weighted by Gasteiger charge is 2.26. The Morgan fingerprint density at radius 3 is 2.33 bits per heavy atom. The van der Waals surface area contributed by atoms with Crippen LogP contribution >= 0.6 is 23.2 Å². The van der Waals surface area contributed by atoms with Crippen molar-refractivity contribution in [2.75, 3.05) is 19.7 Å². The average Bonchev–Trinajstić information content (AvgIpc) is 2.86. The first-order valence-electron chi connectivity index (χ1n) is 12.2. The molecule has 2 amide bonds. The largest absolute Gasteiger partial charge is 0.494 e. The number of aryl methyl sites for hydroxylation is 1. The van der Waals surface area contributed by atoms with Crippen LogP contribution in [0.3, 0.4) is 0 Å². The van der Waals surface area contributed by atoms with E-state index in [0.717, 1.165) is 11.3 Å². The molecule has 1 heterocycles. The highest BCUT2D eigenvalue weighted by molar-refractivity contribution is 6.42. The van der Waals surface area contributed by atoms with Crippen molar-refractivity contribution in [2.24, 2.45) is 5.92 Å². The Hall–Kier alpha value is -2.77. The Morgan fingerprint density at radius 1 is 1.06 bits per heavy atom. The van der Waals surface area contributed by atoms with Gasteiger partial charge in [-0.3, -0.25) is 9.59 Å². The quantitative estimate of drug-likeness (QED) is 0.433. The van der Waals surface area contributed by atoms with Gasteiger partial charge in [-0.25, -0.2) is 4.79 Å². The van der Waals surface area contributed by atoms with Gasteiger partial charge in [0, 0.05) is 32.4 Å². The molecule has 1 unspecified atom stereocenters. The zero-order chi connectivity index (χ0) is 26.1. The van der Waals surface area contributed by atoms with Gasteiger partial charge in [0.1, 0.15) is 11.8 Å². The minimum absolute atomic E-state index is 0.110. The lowest BCUT2D eigenvalue weighted by molar-refractivity contribution is -0.142. The van der Waals surface area contributed by atoms with Crippen LogP contribution in [0.4, 0.5) is 0 Å². The third-order valence-electron chi connectivity index (χ3n) is 6.36. The SMILES string of the molecule is CCOc1ccc(CCC(=O)N2CCC(CC(=O)NC(Cc3ccc(Cl)c(Cl)c3)C(=O)O)CC2)cc1. The van der Waals surface area contributed by atoms with Gasteiger partial charge in [-0.1, -0.05) is 41.4 Å². The van der Waals surface area contributed by atoms with E-state index in [9.17, 15) is 19.5 Å². The zero-order valence-electron chi connectivity index (χ0n) is 20.3. The number of nitrogens with zero attached hydrogens (tertiary/aromatic N) is 1. The summed E-state index contributed by atoms with van der Waals surface area (Å²) >= 11 is 11.9. The van der Waals surface area contributed by atoms with Gasteiger partial charge in [0.25, 0.3) is 0 Å². The number of piperidine rings is 1. The molecule has 9 heteroatoms. The number of aliphatic carboxylic acids is 1. The molecule has 0 aromatic heterocycles. The van der Waals surface area contributed by atoms with E-state index in [4.69, 9.17) is 27.9 Å². The molecule has 1 atom stereocenters. The standard InChI is InChI=1S/C27H32Cl2N2O5/c1-2-36-21-7-3-18(4-8-21)6-10-26(33)31-13-11-19(12-14-31)17-25(32)30-24(27(34)35)16-20-5-9-22(28)23(29)15-20/h3-5,7-9,15,19,24H,2,6,10-14,16-17H2,1H3,(H,30,32)(H,34,35). The molecule has 0 saturated carbocycles. The smallest absolute Gasteiger partial charge is 0.326 e. The summed E-state index contributed by atoms with van der Waals surface area (Å²) in [6, 6.07) is 11.6. The summed E-state index contributed by atoms with van der Waals surface area (Å²) in [7, 11) is 0. The van der Waals surface area contributed by atoms with E-state index in [1.165, 1.54) is 0 Å². The van der Waals surface area contributed by atoms with Gasteiger partial charge in [-0.05, 0) is 67.5 Å². The highest BCUT2D eigenvalue weighted by Crippen LogP contribution is 2.24. The first-order valence-corrected chi connectivity index (χ1v) is 13.0. The predicted molar refractivity (Wildman–Crippen MR) is 140 cm³/mol. The van der Waals surface area contributed by atoms with Gasteiger partial charge in [0.05, 0.1) is 16.7 Å². The van der Waals surface area contributed by atoms with E-state index in [1.807, 2.05) is 36.1 Å². The predicted octanol–water partition coefficient (Wildman–Crippen LogP) is 4.77. The number of carboxylic acid groups (broad SMARTS) is 1. The minimum Gasteiger partial charge on any atom is -0.494 e. The van der Waals surface area contributed by atoms with E-state index in [2.05, 4.69) is 5.32 Å².